The molecule has 2 aromatic carbocycles. The number of nitrogens with zero attached hydrogens (tertiary/aromatic N) is 2. The topological polar surface area (TPSA) is 58.2 Å². The van der Waals surface area contributed by atoms with Gasteiger partial charge < -0.3 is 9.64 Å². The van der Waals surface area contributed by atoms with E-state index >= 15 is 0 Å². The third-order valence-corrected chi connectivity index (χ3v) is 8.45. The highest BCUT2D eigenvalue weighted by Crippen LogP contribution is 2.45. The fraction of sp³-hybridized carbons (Fsp3) is 0.500. The predicted molar refractivity (Wildman–Crippen MR) is 129 cm³/mol. The van der Waals surface area contributed by atoms with E-state index in [2.05, 4.69) is 33.3 Å². The van der Waals surface area contributed by atoms with Crippen molar-refractivity contribution in [3.05, 3.63) is 65.6 Å². The first-order valence-electron chi connectivity index (χ1n) is 12.7. The zero-order valence-corrected chi connectivity index (χ0v) is 19.5. The van der Waals surface area contributed by atoms with Crippen molar-refractivity contribution in [1.82, 2.24) is 15.1 Å². The van der Waals surface area contributed by atoms with Crippen LogP contribution in [0.2, 0.25) is 0 Å². The van der Waals surface area contributed by atoms with E-state index in [4.69, 9.17) is 4.74 Å². The first-order chi connectivity index (χ1) is 16.6. The molecule has 1 N–H and O–H groups in total. The first-order valence-corrected chi connectivity index (χ1v) is 12.7. The normalized spacial score (nSPS) is 26.1. The second kappa shape index (κ2) is 8.81. The van der Waals surface area contributed by atoms with Gasteiger partial charge in [0.1, 0.15) is 5.82 Å². The summed E-state index contributed by atoms with van der Waals surface area (Å²) in [7, 11) is 0. The Bertz CT molecular complexity index is 1150. The van der Waals surface area contributed by atoms with Crippen LogP contribution in [0.3, 0.4) is 0 Å². The lowest BCUT2D eigenvalue weighted by molar-refractivity contribution is -0.153. The van der Waals surface area contributed by atoms with Crippen molar-refractivity contribution in [2.24, 2.45) is 11.3 Å². The van der Waals surface area contributed by atoms with Gasteiger partial charge in [0.25, 0.3) is 0 Å². The number of piperidine rings is 1. The van der Waals surface area contributed by atoms with Crippen LogP contribution < -0.4 is 0 Å². The van der Waals surface area contributed by atoms with Crippen LogP contribution in [0.1, 0.15) is 49.7 Å². The minimum Gasteiger partial charge on any atom is -0.381 e. The summed E-state index contributed by atoms with van der Waals surface area (Å²) in [4.78, 5) is 16.4. The lowest BCUT2D eigenvalue weighted by atomic mass is 9.73. The number of nitrogens with one attached hydrogen (secondary N) is 1. The van der Waals surface area contributed by atoms with Gasteiger partial charge in [0.15, 0.2) is 0 Å². The zero-order chi connectivity index (χ0) is 23.1. The standard InChI is InChI=1S/C28H32FN3O2/c29-23-4-1-19(2-5-23)17-28(9-11-34-12-10-28)27(33)32-24-6-7-25(32)16-21(15-24)13-20-3-8-26-22(14-20)18-30-31-26/h1-5,8,14,18,21,24-25H,6-7,9-13,15-17H2,(H,30,31)/t24-,25-/m0/s1. The van der Waals surface area contributed by atoms with Crippen LogP contribution in [0, 0.1) is 17.2 Å². The molecule has 0 radical (unpaired) electrons. The van der Waals surface area contributed by atoms with Crippen molar-refractivity contribution < 1.29 is 13.9 Å². The number of ether oxygens (including phenoxy) is 1. The average molecular weight is 462 g/mol. The number of carbonyl (C=O) groups is 1. The highest BCUT2D eigenvalue weighted by Gasteiger charge is 2.50. The van der Waals surface area contributed by atoms with Gasteiger partial charge in [0.2, 0.25) is 5.91 Å². The van der Waals surface area contributed by atoms with Crippen LogP contribution in [-0.2, 0) is 22.4 Å². The molecule has 3 aliphatic heterocycles. The number of benzene rings is 2. The van der Waals surface area contributed by atoms with Crippen molar-refractivity contribution in [3.63, 3.8) is 0 Å². The monoisotopic (exact) mass is 461 g/mol. The van der Waals surface area contributed by atoms with Gasteiger partial charge in [-0.15, -0.1) is 0 Å². The smallest absolute Gasteiger partial charge is 0.229 e. The van der Waals surface area contributed by atoms with Crippen LogP contribution in [0.5, 0.6) is 0 Å². The zero-order valence-electron chi connectivity index (χ0n) is 19.5. The number of hydrogen-bond acceptors (Lipinski definition) is 3. The van der Waals surface area contributed by atoms with Crippen LogP contribution in [0.4, 0.5) is 4.39 Å². The summed E-state index contributed by atoms with van der Waals surface area (Å²) in [6, 6.07) is 13.9. The van der Waals surface area contributed by atoms with E-state index in [1.807, 2.05) is 18.3 Å². The van der Waals surface area contributed by atoms with E-state index in [1.165, 1.54) is 17.7 Å². The van der Waals surface area contributed by atoms with Crippen LogP contribution in [0.25, 0.3) is 10.9 Å². The Morgan fingerprint density at radius 1 is 1.06 bits per heavy atom. The summed E-state index contributed by atoms with van der Waals surface area (Å²) in [5.74, 6) is 0.683. The lowest BCUT2D eigenvalue weighted by Crippen LogP contribution is -2.55. The van der Waals surface area contributed by atoms with Crippen molar-refractivity contribution >= 4 is 16.8 Å². The van der Waals surface area contributed by atoms with Crippen LogP contribution >= 0.6 is 0 Å². The van der Waals surface area contributed by atoms with Crippen molar-refractivity contribution in [2.75, 3.05) is 13.2 Å². The fourth-order valence-electron chi connectivity index (χ4n) is 6.74. The van der Waals surface area contributed by atoms with E-state index in [0.29, 0.717) is 43.5 Å². The second-order valence-corrected chi connectivity index (χ2v) is 10.6. The van der Waals surface area contributed by atoms with Gasteiger partial charge in [-0.1, -0.05) is 18.2 Å². The Morgan fingerprint density at radius 3 is 2.50 bits per heavy atom. The molecule has 1 aromatic heterocycles. The summed E-state index contributed by atoms with van der Waals surface area (Å²) >= 11 is 0. The van der Waals surface area contributed by atoms with Crippen molar-refractivity contribution in [3.8, 4) is 0 Å². The number of hydrogen-bond donors (Lipinski definition) is 1. The van der Waals surface area contributed by atoms with E-state index in [0.717, 1.165) is 61.4 Å². The number of fused-ring (bicyclic) bond motifs is 3. The minimum atomic E-state index is -0.434. The number of carbonyl (C=O) groups excluding carboxylic acids is 1. The molecule has 0 unspecified atom stereocenters. The van der Waals surface area contributed by atoms with Gasteiger partial charge in [-0.3, -0.25) is 9.89 Å². The molecule has 0 saturated carbocycles. The molecule has 3 aromatic rings. The number of aromatic amines is 1. The molecule has 178 valence electrons. The third-order valence-electron chi connectivity index (χ3n) is 8.45. The molecule has 3 aliphatic rings. The molecular formula is C28H32FN3O2. The maximum absolute atomic E-state index is 14.2. The highest BCUT2D eigenvalue weighted by atomic mass is 19.1. The Hall–Kier alpha value is -2.73. The molecular weight excluding hydrogens is 429 g/mol. The maximum Gasteiger partial charge on any atom is 0.229 e. The molecule has 2 atom stereocenters. The number of aromatic nitrogens is 2. The quantitative estimate of drug-likeness (QED) is 0.578. The molecule has 0 aliphatic carbocycles. The number of rotatable bonds is 5. The first kappa shape index (κ1) is 21.8. The van der Waals surface area contributed by atoms with Gasteiger partial charge in [-0.2, -0.15) is 5.10 Å². The second-order valence-electron chi connectivity index (χ2n) is 10.6. The number of amides is 1. The van der Waals surface area contributed by atoms with Gasteiger partial charge in [-0.05, 0) is 92.7 Å². The highest BCUT2D eigenvalue weighted by molar-refractivity contribution is 5.84. The number of H-pyrrole nitrogens is 1. The van der Waals surface area contributed by atoms with Gasteiger partial charge in [0, 0.05) is 30.7 Å². The Morgan fingerprint density at radius 2 is 1.76 bits per heavy atom. The Labute approximate surface area is 199 Å². The van der Waals surface area contributed by atoms with E-state index < -0.39 is 5.41 Å². The molecule has 4 heterocycles. The molecule has 34 heavy (non-hydrogen) atoms. The predicted octanol–water partition coefficient (Wildman–Crippen LogP) is 5.05. The summed E-state index contributed by atoms with van der Waals surface area (Å²) in [6.45, 7) is 1.24. The molecule has 3 fully saturated rings. The summed E-state index contributed by atoms with van der Waals surface area (Å²) in [5.41, 5.74) is 3.03. The molecule has 1 amide bonds. The van der Waals surface area contributed by atoms with E-state index in [1.54, 1.807) is 0 Å². The Balaban J connectivity index is 1.19. The van der Waals surface area contributed by atoms with Crippen molar-refractivity contribution in [2.45, 2.75) is 63.5 Å². The Kier molecular flexibility index (Phi) is 5.64. The van der Waals surface area contributed by atoms with Gasteiger partial charge in [-0.25, -0.2) is 4.39 Å². The van der Waals surface area contributed by atoms with Crippen LogP contribution in [0.15, 0.2) is 48.7 Å². The molecule has 5 nitrogen and oxygen atoms in total. The molecule has 0 spiro atoms. The molecule has 6 heteroatoms. The van der Waals surface area contributed by atoms with E-state index in [-0.39, 0.29) is 5.82 Å². The summed E-state index contributed by atoms with van der Waals surface area (Å²) in [6.07, 6.45) is 9.47. The maximum atomic E-state index is 14.2. The molecule has 2 bridgehead atoms. The minimum absolute atomic E-state index is 0.233. The van der Waals surface area contributed by atoms with Crippen LogP contribution in [-0.4, -0.2) is 46.3 Å². The summed E-state index contributed by atoms with van der Waals surface area (Å²) in [5, 5.41) is 8.33. The molecule has 6 rings (SSSR count). The van der Waals surface area contributed by atoms with E-state index in [9.17, 15) is 9.18 Å². The molecule has 3 saturated heterocycles. The average Bonchev–Trinajstić information content (AvgIpc) is 3.42. The van der Waals surface area contributed by atoms with Gasteiger partial charge in [0.05, 0.1) is 17.1 Å². The lowest BCUT2D eigenvalue weighted by Gasteiger charge is -2.46. The van der Waals surface area contributed by atoms with Gasteiger partial charge >= 0.3 is 0 Å². The van der Waals surface area contributed by atoms with Crippen molar-refractivity contribution in [1.29, 1.82) is 0 Å². The third kappa shape index (κ3) is 4.02. The fourth-order valence-corrected chi connectivity index (χ4v) is 6.74. The number of halogens is 1. The largest absolute Gasteiger partial charge is 0.381 e. The SMILES string of the molecule is O=C(N1[C@H]2CC[C@H]1CC(Cc1ccc3[nH]ncc3c1)C2)C1(Cc2ccc(F)cc2)CCOCC1. The summed E-state index contributed by atoms with van der Waals surface area (Å²) < 4.78 is 19.1.